The molecule has 0 amide bonds. The maximum Gasteiger partial charge on any atom is 0.597 e. The Kier molecular flexibility index (Phi) is 7.01. The van der Waals surface area contributed by atoms with E-state index in [0.717, 1.165) is 0 Å². The van der Waals surface area contributed by atoms with E-state index in [4.69, 9.17) is 0 Å². The van der Waals surface area contributed by atoms with Gasteiger partial charge in [0, 0.05) is 0 Å². The molecule has 0 rings (SSSR count). The van der Waals surface area contributed by atoms with E-state index in [0.29, 0.717) is 0 Å². The van der Waals surface area contributed by atoms with Crippen LogP contribution in [0.4, 0.5) is 74.1 Å². The second-order valence-corrected chi connectivity index (χ2v) is 8.49. The maximum atomic E-state index is 13.3. The summed E-state index contributed by atoms with van der Waals surface area (Å²) in [5, 5.41) is 0. The van der Waals surface area contributed by atoms with Gasteiger partial charge in [-0.1, -0.05) is 18.0 Å². The number of halogens is 18. The van der Waals surface area contributed by atoms with Crippen LogP contribution < -0.4 is 0 Å². The minimum Gasteiger partial charge on any atom is -0.247 e. The summed E-state index contributed by atoms with van der Waals surface area (Å²) < 4.78 is 221. The maximum absolute atomic E-state index is 13.3. The van der Waals surface area contributed by atoms with Crippen molar-refractivity contribution in [3.8, 4) is 0 Å². The lowest BCUT2D eigenvalue weighted by Gasteiger charge is -2.43. The Hall–Kier alpha value is -0.683. The summed E-state index contributed by atoms with van der Waals surface area (Å²) in [4.78, 5) is 0. The highest BCUT2D eigenvalue weighted by atomic mass is 35.6. The van der Waals surface area contributed by atoms with Gasteiger partial charge in [0.15, 0.2) is 6.17 Å². The van der Waals surface area contributed by atoms with E-state index in [1.54, 1.807) is 0 Å². The Labute approximate surface area is 155 Å². The molecule has 0 spiro atoms. The van der Waals surface area contributed by atoms with E-state index >= 15 is 0 Å². The fourth-order valence-electron chi connectivity index (χ4n) is 1.63. The molecule has 0 aromatic carbocycles. The van der Waals surface area contributed by atoms with Crippen LogP contribution in [0.2, 0.25) is 0 Å². The molecular formula is C10H6ClF17Si. The zero-order valence-electron chi connectivity index (χ0n) is 13.1. The van der Waals surface area contributed by atoms with Crippen molar-refractivity contribution in [3.05, 3.63) is 0 Å². The molecule has 0 aromatic heterocycles. The molecule has 0 aliphatic rings. The van der Waals surface area contributed by atoms with E-state index in [-0.39, 0.29) is 6.92 Å². The highest BCUT2D eigenvalue weighted by Crippen LogP contribution is 2.64. The van der Waals surface area contributed by atoms with Crippen molar-refractivity contribution in [2.75, 3.05) is 0 Å². The molecule has 0 nitrogen and oxygen atoms in total. The average molecular weight is 513 g/mol. The lowest BCUT2D eigenvalue weighted by molar-refractivity contribution is -0.440. The van der Waals surface area contributed by atoms with Gasteiger partial charge in [0.1, 0.15) is 0 Å². The highest BCUT2D eigenvalue weighted by molar-refractivity contribution is 7.13. The van der Waals surface area contributed by atoms with Crippen LogP contribution in [-0.4, -0.2) is 55.3 Å². The predicted molar refractivity (Wildman–Crippen MR) is 63.6 cm³/mol. The smallest absolute Gasteiger partial charge is 0.247 e. The van der Waals surface area contributed by atoms with Crippen LogP contribution in [0.3, 0.4) is 0 Å². The third kappa shape index (κ3) is 3.54. The molecule has 0 aliphatic carbocycles. The first kappa shape index (κ1) is 28.3. The molecule has 0 radical (unpaired) electrons. The molecule has 0 bridgehead atoms. The molecule has 0 saturated carbocycles. The van der Waals surface area contributed by atoms with Crippen LogP contribution in [0.5, 0.6) is 0 Å². The summed E-state index contributed by atoms with van der Waals surface area (Å²) in [5.74, 6) is -48.4. The number of rotatable bonds is 9. The van der Waals surface area contributed by atoms with Gasteiger partial charge in [-0.2, -0.15) is 61.5 Å². The van der Waals surface area contributed by atoms with Crippen molar-refractivity contribution < 1.29 is 74.1 Å². The molecule has 0 heterocycles. The molecule has 0 fully saturated rings. The van der Waals surface area contributed by atoms with E-state index < -0.39 is 61.7 Å². The highest BCUT2D eigenvalue weighted by Gasteiger charge is 2.95. The molecule has 19 heteroatoms. The van der Waals surface area contributed by atoms with Crippen molar-refractivity contribution in [2.24, 2.45) is 0 Å². The minimum absolute atomic E-state index is 0.265. The van der Waals surface area contributed by atoms with Crippen molar-refractivity contribution in [2.45, 2.75) is 60.6 Å². The van der Waals surface area contributed by atoms with Crippen LogP contribution >= 0.6 is 11.1 Å². The van der Waals surface area contributed by atoms with Crippen LogP contribution in [0, 0.1) is 0 Å². The molecule has 1 unspecified atom stereocenters. The lowest BCUT2D eigenvalue weighted by Crippen LogP contribution is -2.75. The fourth-order valence-corrected chi connectivity index (χ4v) is 2.50. The summed E-state index contributed by atoms with van der Waals surface area (Å²) in [6, 6.07) is 0. The summed E-state index contributed by atoms with van der Waals surface area (Å²) in [7, 11) is -8.44. The normalized spacial score (nSPS) is 17.5. The van der Waals surface area contributed by atoms with Crippen molar-refractivity contribution in [1.82, 2.24) is 0 Å². The molecule has 1 atom stereocenters. The van der Waals surface area contributed by atoms with E-state index in [1.165, 1.54) is 0 Å². The van der Waals surface area contributed by atoms with Crippen molar-refractivity contribution in [1.29, 1.82) is 0 Å². The number of alkyl halides is 15. The van der Waals surface area contributed by atoms with Gasteiger partial charge in [0.25, 0.3) is 0 Å². The fraction of sp³-hybridized carbons (Fsp3) is 1.00. The van der Waals surface area contributed by atoms with Crippen LogP contribution in [-0.2, 0) is 0 Å². The van der Waals surface area contributed by atoms with Gasteiger partial charge in [-0.25, -0.2) is 12.6 Å². The number of hydrogen-bond acceptors (Lipinski definition) is 0. The van der Waals surface area contributed by atoms with E-state index in [9.17, 15) is 74.1 Å². The summed E-state index contributed by atoms with van der Waals surface area (Å²) >= 11 is 3.49. The van der Waals surface area contributed by atoms with E-state index in [2.05, 4.69) is 11.1 Å². The average Bonchev–Trinajstić information content (AvgIpc) is 2.51. The second-order valence-electron chi connectivity index (χ2n) is 5.44. The second kappa shape index (κ2) is 7.18. The molecule has 29 heavy (non-hydrogen) atoms. The van der Waals surface area contributed by atoms with E-state index in [1.807, 2.05) is 0 Å². The summed E-state index contributed by atoms with van der Waals surface area (Å²) in [6.45, 7) is 0.265. The van der Waals surface area contributed by atoms with Crippen molar-refractivity contribution in [3.63, 3.8) is 0 Å². The van der Waals surface area contributed by atoms with Crippen LogP contribution in [0.25, 0.3) is 0 Å². The lowest BCUT2D eigenvalue weighted by atomic mass is 9.89. The Balaban J connectivity index is 6.73. The van der Waals surface area contributed by atoms with Crippen molar-refractivity contribution >= 4 is 19.1 Å². The Morgan fingerprint density at radius 2 is 0.897 bits per heavy atom. The first-order valence-corrected chi connectivity index (χ1v) is 9.35. The standard InChI is InChI=1S/C10H6ClF17Si/c1-2-3(12)4(13,14)5(15,16)6(17,18)7(19,20)8(21,22)9(23,24)10(25,26)29(11,27)28/h3H,2H2,1H3. The molecule has 0 N–H and O–H groups in total. The first-order chi connectivity index (χ1) is 12.2. The van der Waals surface area contributed by atoms with Gasteiger partial charge in [-0.15, -0.1) is 0 Å². The number of hydrogen-bond donors (Lipinski definition) is 0. The Morgan fingerprint density at radius 1 is 0.621 bits per heavy atom. The van der Waals surface area contributed by atoms with Gasteiger partial charge in [0.2, 0.25) is 0 Å². The van der Waals surface area contributed by atoms with Gasteiger partial charge in [-0.3, -0.25) is 0 Å². The zero-order chi connectivity index (χ0) is 24.3. The largest absolute Gasteiger partial charge is 0.597 e. The summed E-state index contributed by atoms with van der Waals surface area (Å²) in [6.07, 6.45) is -6.23. The minimum atomic E-state index is -8.54. The Morgan fingerprint density at radius 3 is 1.17 bits per heavy atom. The molecule has 176 valence electrons. The summed E-state index contributed by atoms with van der Waals surface area (Å²) in [5.41, 5.74) is -7.64. The Bertz CT molecular complexity index is 594. The SMILES string of the molecule is CCC(F)C(F)(F)C(F)(F)C(F)(F)C(F)(F)C(F)(F)C(F)(F)C(F)(F)[Si](F)(F)Cl. The molecule has 0 aromatic rings. The topological polar surface area (TPSA) is 0 Å². The first-order valence-electron chi connectivity index (χ1n) is 6.58. The van der Waals surface area contributed by atoms with Crippen LogP contribution in [0.15, 0.2) is 0 Å². The third-order valence-electron chi connectivity index (χ3n) is 3.50. The van der Waals surface area contributed by atoms with Gasteiger partial charge < -0.3 is 0 Å². The van der Waals surface area contributed by atoms with Gasteiger partial charge in [0.05, 0.1) is 0 Å². The van der Waals surface area contributed by atoms with Gasteiger partial charge in [-0.05, 0) is 6.42 Å². The quantitative estimate of drug-likeness (QED) is 0.180. The zero-order valence-corrected chi connectivity index (χ0v) is 14.8. The van der Waals surface area contributed by atoms with Gasteiger partial charge >= 0.3 is 49.1 Å². The predicted octanol–water partition coefficient (Wildman–Crippen LogP) is 6.84. The molecule has 0 aliphatic heterocycles. The molecule has 0 saturated heterocycles. The third-order valence-corrected chi connectivity index (χ3v) is 5.24. The monoisotopic (exact) mass is 512 g/mol. The molecular weight excluding hydrogens is 507 g/mol. The van der Waals surface area contributed by atoms with Crippen LogP contribution in [0.1, 0.15) is 13.3 Å².